The van der Waals surface area contributed by atoms with E-state index in [9.17, 15) is 0 Å². The molecule has 0 fully saturated rings. The van der Waals surface area contributed by atoms with Gasteiger partial charge in [0.05, 0.1) is 23.8 Å². The molecule has 5 nitrogen and oxygen atoms in total. The van der Waals surface area contributed by atoms with Gasteiger partial charge in [0.1, 0.15) is 6.33 Å². The molecule has 17 heavy (non-hydrogen) atoms. The van der Waals surface area contributed by atoms with Crippen LogP contribution in [0.4, 0.5) is 0 Å². The van der Waals surface area contributed by atoms with Gasteiger partial charge in [-0.15, -0.1) is 0 Å². The molecule has 0 amide bonds. The number of hydrogen-bond donors (Lipinski definition) is 0. The Hall–Kier alpha value is -2.56. The van der Waals surface area contributed by atoms with Gasteiger partial charge in [-0.1, -0.05) is 0 Å². The first-order valence-electron chi connectivity index (χ1n) is 5.15. The van der Waals surface area contributed by atoms with E-state index < -0.39 is 0 Å². The van der Waals surface area contributed by atoms with E-state index in [0.29, 0.717) is 0 Å². The maximum absolute atomic E-state index is 4.28. The summed E-state index contributed by atoms with van der Waals surface area (Å²) in [6.07, 6.45) is 10.4. The molecule has 0 aliphatic carbocycles. The third kappa shape index (κ3) is 1.90. The minimum Gasteiger partial charge on any atom is -0.262 e. The van der Waals surface area contributed by atoms with Gasteiger partial charge in [-0.3, -0.25) is 4.98 Å². The summed E-state index contributed by atoms with van der Waals surface area (Å²) in [4.78, 5) is 12.1. The molecule has 0 saturated carbocycles. The lowest BCUT2D eigenvalue weighted by molar-refractivity contribution is 0.874. The molecule has 3 aromatic heterocycles. The summed E-state index contributed by atoms with van der Waals surface area (Å²) in [6, 6.07) is 5.68. The van der Waals surface area contributed by atoms with Crippen molar-refractivity contribution >= 4 is 0 Å². The Bertz CT molecular complexity index is 549. The average Bonchev–Trinajstić information content (AvgIpc) is 2.90. The van der Waals surface area contributed by atoms with E-state index >= 15 is 0 Å². The Labute approximate surface area is 97.8 Å². The number of pyridine rings is 1. The van der Waals surface area contributed by atoms with Gasteiger partial charge < -0.3 is 0 Å². The fraction of sp³-hybridized carbons (Fsp3) is 0. The minimum atomic E-state index is 0.857. The van der Waals surface area contributed by atoms with Crippen molar-refractivity contribution in [3.8, 4) is 16.9 Å². The Morgan fingerprint density at radius 2 is 2.00 bits per heavy atom. The molecule has 0 spiro atoms. The van der Waals surface area contributed by atoms with Crippen molar-refractivity contribution in [2.75, 3.05) is 0 Å². The minimum absolute atomic E-state index is 0.857. The molecule has 3 aromatic rings. The highest BCUT2D eigenvalue weighted by Gasteiger charge is 2.03. The van der Waals surface area contributed by atoms with Crippen LogP contribution in [0.5, 0.6) is 0 Å². The van der Waals surface area contributed by atoms with E-state index in [-0.39, 0.29) is 0 Å². The Morgan fingerprint density at radius 1 is 1.00 bits per heavy atom. The molecule has 0 unspecified atom stereocenters. The van der Waals surface area contributed by atoms with E-state index in [4.69, 9.17) is 0 Å². The van der Waals surface area contributed by atoms with Crippen molar-refractivity contribution < 1.29 is 0 Å². The van der Waals surface area contributed by atoms with Gasteiger partial charge in [0.2, 0.25) is 0 Å². The van der Waals surface area contributed by atoms with Crippen LogP contribution in [0.3, 0.4) is 0 Å². The van der Waals surface area contributed by atoms with Crippen LogP contribution in [0.25, 0.3) is 16.9 Å². The average molecular weight is 223 g/mol. The summed E-state index contributed by atoms with van der Waals surface area (Å²) in [5.74, 6) is 0. The molecule has 0 bridgehead atoms. The van der Waals surface area contributed by atoms with Crippen LogP contribution in [0.1, 0.15) is 0 Å². The first-order chi connectivity index (χ1) is 8.43. The summed E-state index contributed by atoms with van der Waals surface area (Å²) in [5.41, 5.74) is 2.74. The fourth-order valence-corrected chi connectivity index (χ4v) is 1.55. The van der Waals surface area contributed by atoms with E-state index in [2.05, 4.69) is 20.1 Å². The van der Waals surface area contributed by atoms with Gasteiger partial charge in [-0.2, -0.15) is 5.10 Å². The molecule has 0 aliphatic rings. The third-order valence-electron chi connectivity index (χ3n) is 2.37. The van der Waals surface area contributed by atoms with Gasteiger partial charge in [-0.05, 0) is 18.2 Å². The SMILES string of the molecule is c1cncc(-n2cc(-c3ccncn3)cn2)c1. The number of hydrogen-bond acceptors (Lipinski definition) is 4. The van der Waals surface area contributed by atoms with Crippen LogP contribution in [-0.4, -0.2) is 24.7 Å². The quantitative estimate of drug-likeness (QED) is 0.663. The van der Waals surface area contributed by atoms with Gasteiger partial charge >= 0.3 is 0 Å². The van der Waals surface area contributed by atoms with Gasteiger partial charge in [0.25, 0.3) is 0 Å². The monoisotopic (exact) mass is 223 g/mol. The zero-order valence-corrected chi connectivity index (χ0v) is 8.93. The third-order valence-corrected chi connectivity index (χ3v) is 2.37. The number of aromatic nitrogens is 5. The molecule has 3 heterocycles. The lowest BCUT2D eigenvalue weighted by Crippen LogP contribution is -1.93. The normalized spacial score (nSPS) is 10.4. The molecule has 0 saturated heterocycles. The van der Waals surface area contributed by atoms with E-state index in [0.717, 1.165) is 16.9 Å². The highest BCUT2D eigenvalue weighted by molar-refractivity contribution is 5.56. The van der Waals surface area contributed by atoms with Crippen molar-refractivity contribution in [3.63, 3.8) is 0 Å². The second kappa shape index (κ2) is 4.13. The molecule has 0 atom stereocenters. The van der Waals surface area contributed by atoms with Crippen LogP contribution in [0.15, 0.2) is 55.5 Å². The molecule has 3 rings (SSSR count). The standard InChI is InChI=1S/C12H9N5/c1-2-11(7-13-4-1)17-8-10(6-16-17)12-3-5-14-9-15-12/h1-9H. The number of nitrogens with zero attached hydrogens (tertiary/aromatic N) is 5. The maximum atomic E-state index is 4.28. The van der Waals surface area contributed by atoms with E-state index in [1.165, 1.54) is 6.33 Å². The predicted octanol–water partition coefficient (Wildman–Crippen LogP) is 1.72. The maximum Gasteiger partial charge on any atom is 0.116 e. The smallest absolute Gasteiger partial charge is 0.116 e. The molecule has 0 N–H and O–H groups in total. The molecule has 82 valence electrons. The van der Waals surface area contributed by atoms with Gasteiger partial charge in [-0.25, -0.2) is 14.6 Å². The molecule has 0 radical (unpaired) electrons. The van der Waals surface area contributed by atoms with Crippen LogP contribution in [-0.2, 0) is 0 Å². The molecule has 5 heteroatoms. The van der Waals surface area contributed by atoms with Crippen LogP contribution >= 0.6 is 0 Å². The second-order valence-corrected chi connectivity index (χ2v) is 3.48. The van der Waals surface area contributed by atoms with Crippen LogP contribution in [0.2, 0.25) is 0 Å². The predicted molar refractivity (Wildman–Crippen MR) is 62.4 cm³/mol. The van der Waals surface area contributed by atoms with Gasteiger partial charge in [0, 0.05) is 24.2 Å². The van der Waals surface area contributed by atoms with Crippen molar-refractivity contribution in [3.05, 3.63) is 55.5 Å². The van der Waals surface area contributed by atoms with Crippen molar-refractivity contribution in [1.29, 1.82) is 0 Å². The Balaban J connectivity index is 1.99. The zero-order valence-electron chi connectivity index (χ0n) is 8.93. The first-order valence-corrected chi connectivity index (χ1v) is 5.15. The van der Waals surface area contributed by atoms with Crippen LogP contribution < -0.4 is 0 Å². The summed E-state index contributed by atoms with van der Waals surface area (Å²) in [5, 5.41) is 4.28. The fourth-order valence-electron chi connectivity index (χ4n) is 1.55. The summed E-state index contributed by atoms with van der Waals surface area (Å²) in [7, 11) is 0. The van der Waals surface area contributed by atoms with Gasteiger partial charge in [0.15, 0.2) is 0 Å². The lowest BCUT2D eigenvalue weighted by Gasteiger charge is -1.98. The first kappa shape index (κ1) is 9.65. The lowest BCUT2D eigenvalue weighted by atomic mass is 10.2. The second-order valence-electron chi connectivity index (χ2n) is 3.48. The molecule has 0 aliphatic heterocycles. The Morgan fingerprint density at radius 3 is 2.76 bits per heavy atom. The Kier molecular flexibility index (Phi) is 2.34. The topological polar surface area (TPSA) is 56.5 Å². The van der Waals surface area contributed by atoms with Crippen molar-refractivity contribution in [2.45, 2.75) is 0 Å². The van der Waals surface area contributed by atoms with E-state index in [1.54, 1.807) is 29.5 Å². The summed E-state index contributed by atoms with van der Waals surface area (Å²) in [6.45, 7) is 0. The number of rotatable bonds is 2. The van der Waals surface area contributed by atoms with Crippen LogP contribution in [0, 0.1) is 0 Å². The largest absolute Gasteiger partial charge is 0.262 e. The highest BCUT2D eigenvalue weighted by Crippen LogP contribution is 2.16. The highest BCUT2D eigenvalue weighted by atomic mass is 15.3. The van der Waals surface area contributed by atoms with Crippen molar-refractivity contribution in [2.24, 2.45) is 0 Å². The molecule has 0 aromatic carbocycles. The molecular weight excluding hydrogens is 214 g/mol. The van der Waals surface area contributed by atoms with Crippen molar-refractivity contribution in [1.82, 2.24) is 24.7 Å². The summed E-state index contributed by atoms with van der Waals surface area (Å²) >= 11 is 0. The summed E-state index contributed by atoms with van der Waals surface area (Å²) < 4.78 is 1.77. The molecular formula is C12H9N5. The van der Waals surface area contributed by atoms with E-state index in [1.807, 2.05) is 24.4 Å². The zero-order chi connectivity index (χ0) is 11.5.